The van der Waals surface area contributed by atoms with Crippen molar-refractivity contribution in [2.24, 2.45) is 0 Å². The molecule has 0 saturated heterocycles. The number of halogens is 2. The Kier molecular flexibility index (Phi) is 3.66. The Morgan fingerprint density at radius 3 is 2.68 bits per heavy atom. The first-order valence-electron chi connectivity index (χ1n) is 6.81. The average Bonchev–Trinajstić information content (AvgIpc) is 2.90. The van der Waals surface area contributed by atoms with E-state index < -0.39 is 11.6 Å². The highest BCUT2D eigenvalue weighted by atomic mass is 19.2. The normalized spacial score (nSPS) is 11.0. The van der Waals surface area contributed by atoms with Crippen molar-refractivity contribution >= 4 is 16.8 Å². The third-order valence-corrected chi connectivity index (χ3v) is 3.42. The first kappa shape index (κ1) is 14.3. The van der Waals surface area contributed by atoms with Crippen LogP contribution in [-0.2, 0) is 11.3 Å². The van der Waals surface area contributed by atoms with Crippen LogP contribution in [0.4, 0.5) is 8.78 Å². The summed E-state index contributed by atoms with van der Waals surface area (Å²) in [6.45, 7) is 1.98. The maximum atomic E-state index is 13.4. The van der Waals surface area contributed by atoms with Gasteiger partial charge in [0.1, 0.15) is 11.3 Å². The van der Waals surface area contributed by atoms with Gasteiger partial charge < -0.3 is 0 Å². The molecule has 0 fully saturated rings. The zero-order valence-corrected chi connectivity index (χ0v) is 11.9. The predicted octanol–water partition coefficient (Wildman–Crippen LogP) is 3.36. The van der Waals surface area contributed by atoms with Gasteiger partial charge in [0.15, 0.2) is 11.6 Å². The highest BCUT2D eigenvalue weighted by molar-refractivity contribution is 5.80. The van der Waals surface area contributed by atoms with E-state index in [0.717, 1.165) is 17.6 Å². The molecule has 0 aliphatic carbocycles. The molecule has 0 atom stereocenters. The molecule has 0 unspecified atom stereocenters. The number of hydrogen-bond acceptors (Lipinski definition) is 3. The number of pyridine rings is 1. The summed E-state index contributed by atoms with van der Waals surface area (Å²) in [4.78, 5) is 15.4. The van der Waals surface area contributed by atoms with Crippen molar-refractivity contribution < 1.29 is 13.6 Å². The number of Topliss-reactive ketones (excluding diaryl/α,β-unsaturated/α-hetero) is 1. The highest BCUT2D eigenvalue weighted by Gasteiger charge is 2.09. The van der Waals surface area contributed by atoms with Crippen LogP contribution in [0.3, 0.4) is 0 Å². The largest absolute Gasteiger partial charge is 0.300 e. The van der Waals surface area contributed by atoms with E-state index in [2.05, 4.69) is 10.1 Å². The van der Waals surface area contributed by atoms with Crippen molar-refractivity contribution in [3.05, 3.63) is 48.3 Å². The lowest BCUT2D eigenvalue weighted by molar-refractivity contribution is -0.117. The van der Waals surface area contributed by atoms with Crippen molar-refractivity contribution in [1.82, 2.24) is 14.8 Å². The quantitative estimate of drug-likeness (QED) is 0.742. The molecule has 112 valence electrons. The number of carbonyl (C=O) groups is 1. The maximum absolute atomic E-state index is 13.4. The lowest BCUT2D eigenvalue weighted by Crippen LogP contribution is -2.04. The molecule has 0 aliphatic heterocycles. The van der Waals surface area contributed by atoms with E-state index in [1.807, 2.05) is 6.07 Å². The molecule has 0 bridgehead atoms. The minimum Gasteiger partial charge on any atom is -0.300 e. The van der Waals surface area contributed by atoms with E-state index in [-0.39, 0.29) is 5.78 Å². The standard InChI is InChI=1S/C16H13F2N3O/c1-10(22)4-5-21-16-7-12(8-19-15(16)9-20-21)11-2-3-13(17)14(18)6-11/h2-3,6-9H,4-5H2,1H3. The van der Waals surface area contributed by atoms with Gasteiger partial charge >= 0.3 is 0 Å². The summed E-state index contributed by atoms with van der Waals surface area (Å²) in [7, 11) is 0. The van der Waals surface area contributed by atoms with Crippen molar-refractivity contribution in [3.8, 4) is 11.1 Å². The van der Waals surface area contributed by atoms with E-state index in [1.54, 1.807) is 17.1 Å². The molecule has 0 N–H and O–H groups in total. The zero-order valence-electron chi connectivity index (χ0n) is 11.9. The second-order valence-electron chi connectivity index (χ2n) is 5.08. The van der Waals surface area contributed by atoms with E-state index in [4.69, 9.17) is 0 Å². The van der Waals surface area contributed by atoms with Gasteiger partial charge in [-0.25, -0.2) is 8.78 Å². The Morgan fingerprint density at radius 1 is 1.14 bits per heavy atom. The Hall–Kier alpha value is -2.63. The SMILES string of the molecule is CC(=O)CCn1ncc2ncc(-c3ccc(F)c(F)c3)cc21. The van der Waals surface area contributed by atoms with Crippen LogP contribution in [-0.4, -0.2) is 20.5 Å². The lowest BCUT2D eigenvalue weighted by Gasteiger charge is -2.05. The van der Waals surface area contributed by atoms with Crippen molar-refractivity contribution in [1.29, 1.82) is 0 Å². The van der Waals surface area contributed by atoms with Gasteiger partial charge in [0.25, 0.3) is 0 Å². The summed E-state index contributed by atoms with van der Waals surface area (Å²) in [6, 6.07) is 5.52. The summed E-state index contributed by atoms with van der Waals surface area (Å²) in [6.07, 6.45) is 3.59. The van der Waals surface area contributed by atoms with Gasteiger partial charge in [-0.15, -0.1) is 0 Å². The first-order valence-corrected chi connectivity index (χ1v) is 6.81. The summed E-state index contributed by atoms with van der Waals surface area (Å²) < 4.78 is 28.1. The Labute approximate surface area is 125 Å². The highest BCUT2D eigenvalue weighted by Crippen LogP contribution is 2.24. The second-order valence-corrected chi connectivity index (χ2v) is 5.08. The number of nitrogens with zero attached hydrogens (tertiary/aromatic N) is 3. The number of ketones is 1. The van der Waals surface area contributed by atoms with Crippen molar-refractivity contribution in [3.63, 3.8) is 0 Å². The zero-order chi connectivity index (χ0) is 15.7. The molecule has 2 aromatic heterocycles. The van der Waals surface area contributed by atoms with Crippen LogP contribution < -0.4 is 0 Å². The summed E-state index contributed by atoms with van der Waals surface area (Å²) in [5.74, 6) is -1.71. The number of hydrogen-bond donors (Lipinski definition) is 0. The van der Waals surface area contributed by atoms with Gasteiger partial charge in [-0.05, 0) is 30.7 Å². The fourth-order valence-corrected chi connectivity index (χ4v) is 2.23. The minimum absolute atomic E-state index is 0.0772. The number of aromatic nitrogens is 3. The molecule has 0 spiro atoms. The molecular formula is C16H13F2N3O. The summed E-state index contributed by atoms with van der Waals surface area (Å²) in [5, 5.41) is 4.20. The molecule has 3 aromatic rings. The maximum Gasteiger partial charge on any atom is 0.159 e. The molecule has 0 aliphatic rings. The molecule has 2 heterocycles. The number of fused-ring (bicyclic) bond motifs is 1. The van der Waals surface area contributed by atoms with Gasteiger partial charge in [-0.2, -0.15) is 5.10 Å². The number of benzene rings is 1. The van der Waals surface area contributed by atoms with Gasteiger partial charge in [0.05, 0.1) is 11.7 Å². The van der Waals surface area contributed by atoms with Gasteiger partial charge in [-0.1, -0.05) is 6.07 Å². The number of carbonyl (C=O) groups excluding carboxylic acids is 1. The molecule has 1 aromatic carbocycles. The topological polar surface area (TPSA) is 47.8 Å². The molecule has 0 radical (unpaired) electrons. The van der Waals surface area contributed by atoms with E-state index in [9.17, 15) is 13.6 Å². The van der Waals surface area contributed by atoms with E-state index >= 15 is 0 Å². The summed E-state index contributed by atoms with van der Waals surface area (Å²) >= 11 is 0. The molecular weight excluding hydrogens is 288 g/mol. The molecule has 3 rings (SSSR count). The van der Waals surface area contributed by atoms with Crippen molar-refractivity contribution in [2.75, 3.05) is 0 Å². The van der Waals surface area contributed by atoms with Gasteiger partial charge in [-0.3, -0.25) is 14.5 Å². The number of rotatable bonds is 4. The smallest absolute Gasteiger partial charge is 0.159 e. The molecule has 6 heteroatoms. The third kappa shape index (κ3) is 2.72. The van der Waals surface area contributed by atoms with Crippen LogP contribution in [0, 0.1) is 11.6 Å². The average molecular weight is 301 g/mol. The van der Waals surface area contributed by atoms with Crippen LogP contribution in [0.1, 0.15) is 13.3 Å². The Bertz CT molecular complexity index is 858. The third-order valence-electron chi connectivity index (χ3n) is 3.42. The molecule has 0 saturated carbocycles. The first-order chi connectivity index (χ1) is 10.5. The molecule has 22 heavy (non-hydrogen) atoms. The van der Waals surface area contributed by atoms with Gasteiger partial charge in [0, 0.05) is 24.7 Å². The Morgan fingerprint density at radius 2 is 1.95 bits per heavy atom. The number of aryl methyl sites for hydroxylation is 1. The molecule has 0 amide bonds. The monoisotopic (exact) mass is 301 g/mol. The fourth-order valence-electron chi connectivity index (χ4n) is 2.23. The van der Waals surface area contributed by atoms with Crippen LogP contribution in [0.25, 0.3) is 22.2 Å². The van der Waals surface area contributed by atoms with Crippen LogP contribution in [0.15, 0.2) is 36.7 Å². The van der Waals surface area contributed by atoms with Crippen LogP contribution in [0.5, 0.6) is 0 Å². The Balaban J connectivity index is 2.02. The second kappa shape index (κ2) is 5.63. The van der Waals surface area contributed by atoms with Gasteiger partial charge in [0.2, 0.25) is 0 Å². The predicted molar refractivity (Wildman–Crippen MR) is 78.2 cm³/mol. The minimum atomic E-state index is -0.900. The van der Waals surface area contributed by atoms with Crippen LogP contribution in [0.2, 0.25) is 0 Å². The lowest BCUT2D eigenvalue weighted by atomic mass is 10.1. The van der Waals surface area contributed by atoms with Crippen LogP contribution >= 0.6 is 0 Å². The summed E-state index contributed by atoms with van der Waals surface area (Å²) in [5.41, 5.74) is 2.64. The molecule has 4 nitrogen and oxygen atoms in total. The van der Waals surface area contributed by atoms with E-state index in [0.29, 0.717) is 29.6 Å². The fraction of sp³-hybridized carbons (Fsp3) is 0.188. The van der Waals surface area contributed by atoms with E-state index in [1.165, 1.54) is 13.0 Å². The van der Waals surface area contributed by atoms with Crippen molar-refractivity contribution in [2.45, 2.75) is 19.9 Å².